The predicted molar refractivity (Wildman–Crippen MR) is 84.8 cm³/mol. The molecule has 0 radical (unpaired) electrons. The minimum absolute atomic E-state index is 0.0135. The van der Waals surface area contributed by atoms with Crippen LogP contribution >= 0.6 is 11.3 Å². The molecule has 132 valence electrons. The maximum absolute atomic E-state index is 14.5. The molecular formula is C16H17F3O4S. The highest BCUT2D eigenvalue weighted by molar-refractivity contribution is 7.19. The molecule has 0 saturated carbocycles. The first-order valence-corrected chi connectivity index (χ1v) is 7.81. The second-order valence-electron chi connectivity index (χ2n) is 6.02. The average molecular weight is 362 g/mol. The summed E-state index contributed by atoms with van der Waals surface area (Å²) >= 11 is 0.701. The van der Waals surface area contributed by atoms with E-state index >= 15 is 0 Å². The molecule has 1 N–H and O–H groups in total. The molecule has 24 heavy (non-hydrogen) atoms. The van der Waals surface area contributed by atoms with Crippen LogP contribution in [0, 0.1) is 11.2 Å². The lowest BCUT2D eigenvalue weighted by molar-refractivity contribution is -0.153. The molecule has 0 aliphatic heterocycles. The summed E-state index contributed by atoms with van der Waals surface area (Å²) in [6.45, 7) is 2.45. The Labute approximate surface area is 140 Å². The van der Waals surface area contributed by atoms with Gasteiger partial charge in [0.05, 0.1) is 24.5 Å². The van der Waals surface area contributed by atoms with Crippen molar-refractivity contribution in [3.05, 3.63) is 22.8 Å². The number of rotatable bonds is 6. The van der Waals surface area contributed by atoms with Gasteiger partial charge < -0.3 is 14.6 Å². The molecule has 0 saturated heterocycles. The van der Waals surface area contributed by atoms with Gasteiger partial charge in [0.15, 0.2) is 17.3 Å². The molecule has 0 fully saturated rings. The Kier molecular flexibility index (Phi) is 4.72. The van der Waals surface area contributed by atoms with E-state index < -0.39 is 34.4 Å². The number of methoxy groups -OCH3 is 2. The number of carboxylic acids is 1. The van der Waals surface area contributed by atoms with Gasteiger partial charge in [-0.25, -0.2) is 13.2 Å². The second kappa shape index (κ2) is 6.16. The monoisotopic (exact) mass is 362 g/mol. The second-order valence-corrected chi connectivity index (χ2v) is 7.10. The van der Waals surface area contributed by atoms with E-state index in [1.165, 1.54) is 34.1 Å². The van der Waals surface area contributed by atoms with Gasteiger partial charge in [-0.3, -0.25) is 4.79 Å². The molecule has 1 aromatic heterocycles. The highest BCUT2D eigenvalue weighted by Crippen LogP contribution is 2.47. The third-order valence-electron chi connectivity index (χ3n) is 3.71. The van der Waals surface area contributed by atoms with E-state index in [0.29, 0.717) is 11.3 Å². The van der Waals surface area contributed by atoms with Gasteiger partial charge in [-0.2, -0.15) is 0 Å². The van der Waals surface area contributed by atoms with Crippen LogP contribution in [0.25, 0.3) is 10.1 Å². The Hall–Kier alpha value is -1.96. The smallest absolute Gasteiger partial charge is 0.309 e. The number of ether oxygens (including phenoxy) is 2. The number of carbonyl (C=O) groups is 1. The van der Waals surface area contributed by atoms with Gasteiger partial charge in [0.1, 0.15) is 0 Å². The van der Waals surface area contributed by atoms with Crippen molar-refractivity contribution >= 4 is 27.4 Å². The van der Waals surface area contributed by atoms with Gasteiger partial charge in [-0.15, -0.1) is 11.3 Å². The molecule has 8 heteroatoms. The van der Waals surface area contributed by atoms with Crippen LogP contribution in [-0.2, 0) is 10.7 Å². The minimum Gasteiger partial charge on any atom is -0.493 e. The number of halogens is 3. The fourth-order valence-corrected chi connectivity index (χ4v) is 3.40. The molecule has 2 aromatic rings. The fourth-order valence-electron chi connectivity index (χ4n) is 2.34. The Morgan fingerprint density at radius 3 is 2.38 bits per heavy atom. The first-order valence-electron chi connectivity index (χ1n) is 6.99. The van der Waals surface area contributed by atoms with E-state index in [-0.39, 0.29) is 21.6 Å². The van der Waals surface area contributed by atoms with Crippen LogP contribution in [0.4, 0.5) is 13.2 Å². The normalized spacial score (nSPS) is 12.5. The van der Waals surface area contributed by atoms with Crippen LogP contribution in [0.2, 0.25) is 0 Å². The summed E-state index contributed by atoms with van der Waals surface area (Å²) in [5, 5.41) is 9.04. The molecule has 4 nitrogen and oxygen atoms in total. The van der Waals surface area contributed by atoms with Crippen molar-refractivity contribution in [1.29, 1.82) is 0 Å². The maximum atomic E-state index is 14.5. The molecule has 0 unspecified atom stereocenters. The molecule has 0 spiro atoms. The third kappa shape index (κ3) is 3.15. The number of hydrogen-bond acceptors (Lipinski definition) is 4. The Bertz CT molecular complexity index is 783. The van der Waals surface area contributed by atoms with E-state index in [0.717, 1.165) is 6.07 Å². The molecule has 0 atom stereocenters. The average Bonchev–Trinajstić information content (AvgIpc) is 2.91. The molecule has 0 bridgehead atoms. The quantitative estimate of drug-likeness (QED) is 0.813. The standard InChI is InChI=1S/C16H17F3O4S/c1-15(2,14(20)21)7-16(18,19)11-5-8-10(24-11)6-9(22-3)13(23-4)12(8)17/h5-6H,7H2,1-4H3,(H,20,21). The zero-order valence-corrected chi connectivity index (χ0v) is 14.4. The van der Waals surface area contributed by atoms with Gasteiger partial charge in [0.2, 0.25) is 0 Å². The molecule has 1 aromatic carbocycles. The first-order chi connectivity index (χ1) is 11.0. The largest absolute Gasteiger partial charge is 0.493 e. The lowest BCUT2D eigenvalue weighted by Gasteiger charge is -2.24. The predicted octanol–water partition coefficient (Wildman–Crippen LogP) is 4.65. The maximum Gasteiger partial charge on any atom is 0.309 e. The molecule has 0 aliphatic rings. The molecule has 1 heterocycles. The van der Waals surface area contributed by atoms with Crippen molar-refractivity contribution < 1.29 is 32.5 Å². The van der Waals surface area contributed by atoms with Crippen LogP contribution in [0.5, 0.6) is 11.5 Å². The van der Waals surface area contributed by atoms with Gasteiger partial charge in [-0.05, 0) is 19.9 Å². The van der Waals surface area contributed by atoms with Gasteiger partial charge >= 0.3 is 5.97 Å². The van der Waals surface area contributed by atoms with E-state index in [1.54, 1.807) is 0 Å². The van der Waals surface area contributed by atoms with Crippen molar-refractivity contribution in [3.8, 4) is 11.5 Å². The summed E-state index contributed by atoms with van der Waals surface area (Å²) in [4.78, 5) is 10.7. The number of alkyl halides is 2. The number of thiophene rings is 1. The van der Waals surface area contributed by atoms with Crippen LogP contribution in [0.3, 0.4) is 0 Å². The van der Waals surface area contributed by atoms with Crippen molar-refractivity contribution in [3.63, 3.8) is 0 Å². The topological polar surface area (TPSA) is 55.8 Å². The molecule has 2 rings (SSSR count). The van der Waals surface area contributed by atoms with Crippen LogP contribution < -0.4 is 9.47 Å². The van der Waals surface area contributed by atoms with E-state index in [1.807, 2.05) is 0 Å². The molecule has 0 amide bonds. The first kappa shape index (κ1) is 18.4. The number of carboxylic acid groups (broad SMARTS) is 1. The third-order valence-corrected chi connectivity index (χ3v) is 4.90. The highest BCUT2D eigenvalue weighted by atomic mass is 32.1. The molecule has 0 aliphatic carbocycles. The summed E-state index contributed by atoms with van der Waals surface area (Å²) < 4.78 is 53.7. The van der Waals surface area contributed by atoms with Crippen LogP contribution in [-0.4, -0.2) is 25.3 Å². The Morgan fingerprint density at radius 1 is 1.25 bits per heavy atom. The fraction of sp³-hybridized carbons (Fsp3) is 0.438. The number of fused-ring (bicyclic) bond motifs is 1. The van der Waals surface area contributed by atoms with Gasteiger partial charge in [0, 0.05) is 22.6 Å². The van der Waals surface area contributed by atoms with E-state index in [9.17, 15) is 18.0 Å². The summed E-state index contributed by atoms with van der Waals surface area (Å²) in [5.41, 5.74) is -1.62. The lowest BCUT2D eigenvalue weighted by Crippen LogP contribution is -2.30. The highest BCUT2D eigenvalue weighted by Gasteiger charge is 2.43. The van der Waals surface area contributed by atoms with E-state index in [2.05, 4.69) is 0 Å². The summed E-state index contributed by atoms with van der Waals surface area (Å²) in [5.74, 6) is -5.58. The zero-order valence-electron chi connectivity index (χ0n) is 13.6. The number of hydrogen-bond donors (Lipinski definition) is 1. The van der Waals surface area contributed by atoms with E-state index in [4.69, 9.17) is 14.6 Å². The summed E-state index contributed by atoms with van der Waals surface area (Å²) in [7, 11) is 2.58. The van der Waals surface area contributed by atoms with Crippen molar-refractivity contribution in [2.45, 2.75) is 26.2 Å². The van der Waals surface area contributed by atoms with Crippen LogP contribution in [0.15, 0.2) is 12.1 Å². The van der Waals surface area contributed by atoms with Gasteiger partial charge in [0.25, 0.3) is 5.92 Å². The minimum atomic E-state index is -3.40. The summed E-state index contributed by atoms with van der Waals surface area (Å²) in [6.07, 6.45) is -0.891. The Balaban J connectivity index is 2.54. The molecular weight excluding hydrogens is 345 g/mol. The van der Waals surface area contributed by atoms with Crippen molar-refractivity contribution in [2.75, 3.05) is 14.2 Å². The van der Waals surface area contributed by atoms with Crippen LogP contribution in [0.1, 0.15) is 25.1 Å². The number of aliphatic carboxylic acids is 1. The van der Waals surface area contributed by atoms with Crippen molar-refractivity contribution in [1.82, 2.24) is 0 Å². The van der Waals surface area contributed by atoms with Crippen molar-refractivity contribution in [2.24, 2.45) is 5.41 Å². The number of benzene rings is 1. The summed E-state index contributed by atoms with van der Waals surface area (Å²) in [6, 6.07) is 2.46. The van der Waals surface area contributed by atoms with Gasteiger partial charge in [-0.1, -0.05) is 0 Å². The SMILES string of the molecule is COc1cc2sc(C(F)(F)CC(C)(C)C(=O)O)cc2c(F)c1OC. The lowest BCUT2D eigenvalue weighted by atomic mass is 9.86. The Morgan fingerprint density at radius 2 is 1.88 bits per heavy atom. The zero-order chi connectivity index (χ0) is 18.3.